The summed E-state index contributed by atoms with van der Waals surface area (Å²) in [5.41, 5.74) is 1.67. The first-order valence-corrected chi connectivity index (χ1v) is 8.41. The molecule has 0 saturated carbocycles. The number of carbonyl (C=O) groups excluding carboxylic acids is 1. The molecule has 4 rings (SSSR count). The highest BCUT2D eigenvalue weighted by Gasteiger charge is 2.40. The Bertz CT molecular complexity index is 862. The number of aromatic nitrogens is 2. The van der Waals surface area contributed by atoms with Crippen LogP contribution in [0.1, 0.15) is 17.2 Å². The summed E-state index contributed by atoms with van der Waals surface area (Å²) in [6.07, 6.45) is 1.74. The molecule has 1 aromatic carbocycles. The second-order valence-electron chi connectivity index (χ2n) is 6.62. The Hall–Kier alpha value is -3.03. The van der Waals surface area contributed by atoms with Gasteiger partial charge in [0, 0.05) is 25.2 Å². The van der Waals surface area contributed by atoms with Gasteiger partial charge in [0.15, 0.2) is 11.5 Å². The van der Waals surface area contributed by atoms with Crippen molar-refractivity contribution in [3.8, 4) is 11.5 Å². The molecule has 0 unspecified atom stereocenters. The maximum absolute atomic E-state index is 12.6. The van der Waals surface area contributed by atoms with E-state index < -0.39 is 11.9 Å². The van der Waals surface area contributed by atoms with Gasteiger partial charge in [0.25, 0.3) is 0 Å². The van der Waals surface area contributed by atoms with E-state index in [1.54, 1.807) is 21.8 Å². The van der Waals surface area contributed by atoms with Crippen molar-refractivity contribution >= 4 is 11.9 Å². The number of aryl methyl sites for hydroxylation is 1. The summed E-state index contributed by atoms with van der Waals surface area (Å²) in [7, 11) is 0. The van der Waals surface area contributed by atoms with E-state index in [0.29, 0.717) is 18.0 Å². The molecule has 0 aliphatic carbocycles. The molecule has 0 spiro atoms. The second kappa shape index (κ2) is 6.36. The summed E-state index contributed by atoms with van der Waals surface area (Å²) in [5, 5.41) is 13.8. The lowest BCUT2D eigenvalue weighted by molar-refractivity contribution is -0.141. The van der Waals surface area contributed by atoms with E-state index in [0.717, 1.165) is 11.3 Å². The monoisotopic (exact) mass is 357 g/mol. The number of fused-ring (bicyclic) bond motifs is 1. The molecular formula is C18H19N3O5. The number of likely N-dealkylation sites (tertiary alicyclic amines) is 1. The predicted octanol–water partition coefficient (Wildman–Crippen LogP) is 1.25. The topological polar surface area (TPSA) is 93.9 Å². The molecule has 1 N–H and O–H groups in total. The summed E-state index contributed by atoms with van der Waals surface area (Å²) >= 11 is 0. The van der Waals surface area contributed by atoms with Crippen molar-refractivity contribution in [3.63, 3.8) is 0 Å². The normalized spacial score (nSPS) is 21.2. The Morgan fingerprint density at radius 3 is 2.77 bits per heavy atom. The third-order valence-corrected chi connectivity index (χ3v) is 4.89. The lowest BCUT2D eigenvalue weighted by Gasteiger charge is -2.17. The molecule has 3 heterocycles. The summed E-state index contributed by atoms with van der Waals surface area (Å²) in [5.74, 6) is -0.714. The molecule has 1 amide bonds. The third kappa shape index (κ3) is 2.98. The van der Waals surface area contributed by atoms with Crippen molar-refractivity contribution in [2.24, 2.45) is 5.92 Å². The first-order valence-electron chi connectivity index (χ1n) is 8.41. The van der Waals surface area contributed by atoms with Crippen LogP contribution in [0.3, 0.4) is 0 Å². The standard InChI is InChI=1S/C18H19N3O5/c1-11-4-5-21(19-11)9-17(22)20-7-13(14(8-20)18(23)24)12-2-3-15-16(6-12)26-10-25-15/h2-6,13-14H,7-10H2,1H3,(H,23,24)/t13-,14+/m0/s1. The Kier molecular flexibility index (Phi) is 4.02. The molecule has 1 saturated heterocycles. The Balaban J connectivity index is 1.53. The number of hydrogen-bond donors (Lipinski definition) is 1. The van der Waals surface area contributed by atoms with E-state index >= 15 is 0 Å². The smallest absolute Gasteiger partial charge is 0.308 e. The summed E-state index contributed by atoms with van der Waals surface area (Å²) in [4.78, 5) is 25.9. The fourth-order valence-electron chi connectivity index (χ4n) is 3.53. The molecule has 8 nitrogen and oxygen atoms in total. The second-order valence-corrected chi connectivity index (χ2v) is 6.62. The van der Waals surface area contributed by atoms with Gasteiger partial charge in [0.05, 0.1) is 11.6 Å². The van der Waals surface area contributed by atoms with E-state index in [4.69, 9.17) is 9.47 Å². The fraction of sp³-hybridized carbons (Fsp3) is 0.389. The molecule has 26 heavy (non-hydrogen) atoms. The maximum atomic E-state index is 12.6. The minimum Gasteiger partial charge on any atom is -0.481 e. The van der Waals surface area contributed by atoms with Crippen LogP contribution < -0.4 is 9.47 Å². The van der Waals surface area contributed by atoms with Gasteiger partial charge in [-0.3, -0.25) is 14.3 Å². The molecule has 0 radical (unpaired) electrons. The Morgan fingerprint density at radius 2 is 2.04 bits per heavy atom. The molecule has 2 atom stereocenters. The fourth-order valence-corrected chi connectivity index (χ4v) is 3.53. The number of hydrogen-bond acceptors (Lipinski definition) is 5. The van der Waals surface area contributed by atoms with Crippen LogP contribution in [0, 0.1) is 12.8 Å². The molecule has 1 aromatic heterocycles. The van der Waals surface area contributed by atoms with Crippen LogP contribution in [-0.2, 0) is 16.1 Å². The molecule has 8 heteroatoms. The van der Waals surface area contributed by atoms with E-state index in [1.807, 2.05) is 25.1 Å². The van der Waals surface area contributed by atoms with E-state index in [2.05, 4.69) is 5.10 Å². The first kappa shape index (κ1) is 16.4. The molecule has 2 aromatic rings. The van der Waals surface area contributed by atoms with E-state index in [1.165, 1.54) is 0 Å². The minimum atomic E-state index is -0.905. The number of aliphatic carboxylic acids is 1. The summed E-state index contributed by atoms with van der Waals surface area (Å²) in [6.45, 7) is 2.67. The Labute approximate surface area is 149 Å². The van der Waals surface area contributed by atoms with Crippen LogP contribution >= 0.6 is 0 Å². The number of carbonyl (C=O) groups is 2. The minimum absolute atomic E-state index is 0.105. The number of amides is 1. The molecule has 2 aliphatic heterocycles. The summed E-state index contributed by atoms with van der Waals surface area (Å²) in [6, 6.07) is 7.27. The maximum Gasteiger partial charge on any atom is 0.308 e. The molecule has 2 aliphatic rings. The lowest BCUT2D eigenvalue weighted by atomic mass is 9.89. The van der Waals surface area contributed by atoms with Crippen molar-refractivity contribution in [1.29, 1.82) is 0 Å². The average molecular weight is 357 g/mol. The lowest BCUT2D eigenvalue weighted by Crippen LogP contribution is -2.33. The highest BCUT2D eigenvalue weighted by atomic mass is 16.7. The zero-order valence-electron chi connectivity index (χ0n) is 14.3. The largest absolute Gasteiger partial charge is 0.481 e. The van der Waals surface area contributed by atoms with Gasteiger partial charge in [-0.2, -0.15) is 5.10 Å². The van der Waals surface area contributed by atoms with Gasteiger partial charge in [0.2, 0.25) is 12.7 Å². The number of nitrogens with zero attached hydrogens (tertiary/aromatic N) is 3. The SMILES string of the molecule is Cc1ccn(CC(=O)N2C[C@@H](C(=O)O)[C@H](c3ccc4c(c3)OCO4)C2)n1. The van der Waals surface area contributed by atoms with Crippen LogP contribution in [0.5, 0.6) is 11.5 Å². The first-order chi connectivity index (χ1) is 12.5. The number of benzene rings is 1. The van der Waals surface area contributed by atoms with Gasteiger partial charge in [-0.15, -0.1) is 0 Å². The van der Waals surface area contributed by atoms with Crippen molar-refractivity contribution in [1.82, 2.24) is 14.7 Å². The zero-order chi connectivity index (χ0) is 18.3. The van der Waals surface area contributed by atoms with Crippen LogP contribution in [0.4, 0.5) is 0 Å². The molecule has 136 valence electrons. The van der Waals surface area contributed by atoms with Crippen LogP contribution in [0.2, 0.25) is 0 Å². The van der Waals surface area contributed by atoms with E-state index in [-0.39, 0.29) is 31.7 Å². The predicted molar refractivity (Wildman–Crippen MR) is 90.0 cm³/mol. The zero-order valence-corrected chi connectivity index (χ0v) is 14.3. The van der Waals surface area contributed by atoms with E-state index in [9.17, 15) is 14.7 Å². The van der Waals surface area contributed by atoms with Crippen LogP contribution in [-0.4, -0.2) is 51.5 Å². The highest BCUT2D eigenvalue weighted by Crippen LogP contribution is 2.39. The average Bonchev–Trinajstić information content (AvgIpc) is 3.32. The van der Waals surface area contributed by atoms with Gasteiger partial charge in [0.1, 0.15) is 6.54 Å². The molecule has 1 fully saturated rings. The third-order valence-electron chi connectivity index (χ3n) is 4.89. The quantitative estimate of drug-likeness (QED) is 0.885. The highest BCUT2D eigenvalue weighted by molar-refractivity contribution is 5.79. The van der Waals surface area contributed by atoms with Crippen LogP contribution in [0.15, 0.2) is 30.5 Å². The van der Waals surface area contributed by atoms with Gasteiger partial charge < -0.3 is 19.5 Å². The van der Waals surface area contributed by atoms with Crippen molar-refractivity contribution in [2.75, 3.05) is 19.9 Å². The number of ether oxygens (including phenoxy) is 2. The van der Waals surface area contributed by atoms with Crippen molar-refractivity contribution in [2.45, 2.75) is 19.4 Å². The number of rotatable bonds is 4. The van der Waals surface area contributed by atoms with Crippen molar-refractivity contribution < 1.29 is 24.2 Å². The van der Waals surface area contributed by atoms with Gasteiger partial charge >= 0.3 is 5.97 Å². The van der Waals surface area contributed by atoms with Crippen LogP contribution in [0.25, 0.3) is 0 Å². The number of carboxylic acids is 1. The Morgan fingerprint density at radius 1 is 1.23 bits per heavy atom. The van der Waals surface area contributed by atoms with Gasteiger partial charge in [-0.25, -0.2) is 0 Å². The van der Waals surface area contributed by atoms with Gasteiger partial charge in [-0.05, 0) is 30.7 Å². The molecule has 0 bridgehead atoms. The van der Waals surface area contributed by atoms with Crippen molar-refractivity contribution in [3.05, 3.63) is 41.7 Å². The summed E-state index contributed by atoms with van der Waals surface area (Å²) < 4.78 is 12.3. The van der Waals surface area contributed by atoms with Gasteiger partial charge in [-0.1, -0.05) is 6.07 Å². The number of carboxylic acid groups (broad SMARTS) is 1. The molecular weight excluding hydrogens is 338 g/mol.